The van der Waals surface area contributed by atoms with Crippen molar-refractivity contribution in [1.82, 2.24) is 0 Å². The Morgan fingerprint density at radius 2 is 1.90 bits per heavy atom. The number of hydrogen-bond acceptors (Lipinski definition) is 4. The van der Waals surface area contributed by atoms with Gasteiger partial charge in [-0.1, -0.05) is 36.4 Å². The van der Waals surface area contributed by atoms with E-state index in [9.17, 15) is 4.79 Å². The maximum Gasteiger partial charge on any atom is 0.411 e. The van der Waals surface area contributed by atoms with Crippen LogP contribution in [-0.4, -0.2) is 24.4 Å². The van der Waals surface area contributed by atoms with Gasteiger partial charge in [-0.25, -0.2) is 4.79 Å². The highest BCUT2D eigenvalue weighted by Gasteiger charge is 2.04. The molecule has 0 heterocycles. The highest BCUT2D eigenvalue weighted by atomic mass is 16.5. The van der Waals surface area contributed by atoms with E-state index in [2.05, 4.69) is 5.32 Å². The zero-order valence-electron chi connectivity index (χ0n) is 11.5. The summed E-state index contributed by atoms with van der Waals surface area (Å²) in [5.74, 6) is 0.574. The van der Waals surface area contributed by atoms with Crippen molar-refractivity contribution >= 4 is 11.8 Å². The number of carbonyl (C=O) groups excluding carboxylic acids is 1. The molecule has 5 nitrogen and oxygen atoms in total. The lowest BCUT2D eigenvalue weighted by Crippen LogP contribution is -2.13. The van der Waals surface area contributed by atoms with Gasteiger partial charge in [0.15, 0.2) is 0 Å². The lowest BCUT2D eigenvalue weighted by atomic mass is 10.2. The number of hydrogen-bond donors (Lipinski definition) is 2. The number of rotatable bonds is 6. The molecule has 0 unspecified atom stereocenters. The molecule has 2 N–H and O–H groups in total. The molecule has 0 aliphatic heterocycles. The Morgan fingerprint density at radius 3 is 2.67 bits per heavy atom. The van der Waals surface area contributed by atoms with Gasteiger partial charge < -0.3 is 14.6 Å². The molecular weight excluding hydrogens is 270 g/mol. The molecule has 110 valence electrons. The molecule has 0 radical (unpaired) electrons. The Labute approximate surface area is 123 Å². The number of carbonyl (C=O) groups is 1. The van der Waals surface area contributed by atoms with Gasteiger partial charge in [0.05, 0.1) is 6.61 Å². The molecule has 2 aromatic rings. The number of amides is 1. The fraction of sp³-hybridized carbons (Fsp3) is 0.188. The second-order valence-electron chi connectivity index (χ2n) is 4.29. The van der Waals surface area contributed by atoms with Crippen LogP contribution in [0.1, 0.15) is 5.56 Å². The summed E-state index contributed by atoms with van der Waals surface area (Å²) < 4.78 is 10.4. The zero-order chi connectivity index (χ0) is 14.9. The van der Waals surface area contributed by atoms with E-state index in [1.165, 1.54) is 0 Å². The Balaban J connectivity index is 1.84. The van der Waals surface area contributed by atoms with E-state index in [0.29, 0.717) is 11.4 Å². The molecule has 0 bridgehead atoms. The van der Waals surface area contributed by atoms with Crippen LogP contribution in [0.2, 0.25) is 0 Å². The molecular formula is C16H17NO4. The molecule has 2 rings (SSSR count). The SMILES string of the molecule is O=C(Nc1cccc(OCCO)c1)OCc1ccccc1. The minimum absolute atomic E-state index is 0.0588. The van der Waals surface area contributed by atoms with Crippen molar-refractivity contribution in [2.75, 3.05) is 18.5 Å². The molecule has 1 amide bonds. The Hall–Kier alpha value is -2.53. The number of ether oxygens (including phenoxy) is 2. The zero-order valence-corrected chi connectivity index (χ0v) is 11.5. The fourth-order valence-electron chi connectivity index (χ4n) is 1.70. The highest BCUT2D eigenvalue weighted by molar-refractivity contribution is 5.84. The first-order valence-corrected chi connectivity index (χ1v) is 6.59. The molecule has 0 aliphatic carbocycles. The van der Waals surface area contributed by atoms with Crippen LogP contribution in [-0.2, 0) is 11.3 Å². The van der Waals surface area contributed by atoms with Crippen molar-refractivity contribution in [3.8, 4) is 5.75 Å². The number of aliphatic hydroxyl groups excluding tert-OH is 1. The van der Waals surface area contributed by atoms with Gasteiger partial charge in [-0.3, -0.25) is 5.32 Å². The van der Waals surface area contributed by atoms with Crippen LogP contribution < -0.4 is 10.1 Å². The third kappa shape index (κ3) is 5.16. The van der Waals surface area contributed by atoms with Crippen LogP contribution in [0.15, 0.2) is 54.6 Å². The van der Waals surface area contributed by atoms with Crippen LogP contribution in [0, 0.1) is 0 Å². The third-order valence-corrected chi connectivity index (χ3v) is 2.65. The van der Waals surface area contributed by atoms with Crippen molar-refractivity contribution < 1.29 is 19.4 Å². The third-order valence-electron chi connectivity index (χ3n) is 2.65. The molecule has 0 saturated heterocycles. The molecule has 0 saturated carbocycles. The van der Waals surface area contributed by atoms with Gasteiger partial charge in [0.25, 0.3) is 0 Å². The van der Waals surface area contributed by atoms with Gasteiger partial charge in [-0.15, -0.1) is 0 Å². The van der Waals surface area contributed by atoms with Crippen molar-refractivity contribution in [2.24, 2.45) is 0 Å². The number of nitrogens with one attached hydrogen (secondary N) is 1. The van der Waals surface area contributed by atoms with Crippen LogP contribution in [0.5, 0.6) is 5.75 Å². The first-order valence-electron chi connectivity index (χ1n) is 6.59. The van der Waals surface area contributed by atoms with E-state index < -0.39 is 6.09 Å². The van der Waals surface area contributed by atoms with Crippen molar-refractivity contribution in [3.05, 3.63) is 60.2 Å². The van der Waals surface area contributed by atoms with E-state index in [4.69, 9.17) is 14.6 Å². The normalized spacial score (nSPS) is 9.95. The van der Waals surface area contributed by atoms with Gasteiger partial charge >= 0.3 is 6.09 Å². The number of benzene rings is 2. The second-order valence-corrected chi connectivity index (χ2v) is 4.29. The summed E-state index contributed by atoms with van der Waals surface area (Å²) in [6, 6.07) is 16.3. The van der Waals surface area contributed by atoms with Crippen LogP contribution in [0.4, 0.5) is 10.5 Å². The summed E-state index contributed by atoms with van der Waals surface area (Å²) in [4.78, 5) is 11.7. The Kier molecular flexibility index (Phi) is 5.60. The molecule has 0 atom stereocenters. The molecule has 2 aromatic carbocycles. The van der Waals surface area contributed by atoms with E-state index in [1.54, 1.807) is 24.3 Å². The Bertz CT molecular complexity index is 571. The number of anilines is 1. The summed E-state index contributed by atoms with van der Waals surface area (Å²) in [6.45, 7) is 0.367. The van der Waals surface area contributed by atoms with Crippen LogP contribution in [0.25, 0.3) is 0 Å². The summed E-state index contributed by atoms with van der Waals surface area (Å²) in [6.07, 6.45) is -0.529. The van der Waals surface area contributed by atoms with Crippen LogP contribution in [0.3, 0.4) is 0 Å². The molecule has 0 aromatic heterocycles. The maximum absolute atomic E-state index is 11.7. The first-order chi connectivity index (χ1) is 10.3. The van der Waals surface area contributed by atoms with Gasteiger partial charge in [0, 0.05) is 11.8 Å². The van der Waals surface area contributed by atoms with Crippen molar-refractivity contribution in [2.45, 2.75) is 6.61 Å². The van der Waals surface area contributed by atoms with E-state index in [-0.39, 0.29) is 19.8 Å². The molecule has 0 fully saturated rings. The minimum atomic E-state index is -0.529. The maximum atomic E-state index is 11.7. The van der Waals surface area contributed by atoms with Gasteiger partial charge in [0.1, 0.15) is 19.0 Å². The monoisotopic (exact) mass is 287 g/mol. The van der Waals surface area contributed by atoms with E-state index >= 15 is 0 Å². The van der Waals surface area contributed by atoms with Gasteiger partial charge in [-0.05, 0) is 17.7 Å². The number of aliphatic hydroxyl groups is 1. The topological polar surface area (TPSA) is 67.8 Å². The summed E-state index contributed by atoms with van der Waals surface area (Å²) in [5.41, 5.74) is 1.50. The van der Waals surface area contributed by atoms with E-state index in [1.807, 2.05) is 30.3 Å². The Morgan fingerprint density at radius 1 is 1.10 bits per heavy atom. The molecule has 0 aliphatic rings. The average molecular weight is 287 g/mol. The standard InChI is InChI=1S/C16H17NO4/c18-9-10-20-15-8-4-7-14(11-15)17-16(19)21-12-13-5-2-1-3-6-13/h1-8,11,18H,9-10,12H2,(H,17,19). The smallest absolute Gasteiger partial charge is 0.411 e. The quantitative estimate of drug-likeness (QED) is 0.857. The summed E-state index contributed by atoms with van der Waals surface area (Å²) in [5, 5.41) is 11.3. The van der Waals surface area contributed by atoms with Crippen LogP contribution >= 0.6 is 0 Å². The lowest BCUT2D eigenvalue weighted by Gasteiger charge is -2.09. The second kappa shape index (κ2) is 7.91. The lowest BCUT2D eigenvalue weighted by molar-refractivity contribution is 0.155. The summed E-state index contributed by atoms with van der Waals surface area (Å²) in [7, 11) is 0. The predicted octanol–water partition coefficient (Wildman–Crippen LogP) is 2.81. The van der Waals surface area contributed by atoms with Gasteiger partial charge in [-0.2, -0.15) is 0 Å². The molecule has 0 spiro atoms. The minimum Gasteiger partial charge on any atom is -0.491 e. The van der Waals surface area contributed by atoms with Gasteiger partial charge in [0.2, 0.25) is 0 Å². The summed E-state index contributed by atoms with van der Waals surface area (Å²) >= 11 is 0. The van der Waals surface area contributed by atoms with Crippen molar-refractivity contribution in [3.63, 3.8) is 0 Å². The van der Waals surface area contributed by atoms with E-state index in [0.717, 1.165) is 5.56 Å². The average Bonchev–Trinajstić information content (AvgIpc) is 2.52. The first kappa shape index (κ1) is 14.9. The predicted molar refractivity (Wildman–Crippen MR) is 79.3 cm³/mol. The largest absolute Gasteiger partial charge is 0.491 e. The fourth-order valence-corrected chi connectivity index (χ4v) is 1.70. The van der Waals surface area contributed by atoms with Crippen molar-refractivity contribution in [1.29, 1.82) is 0 Å². The molecule has 5 heteroatoms. The highest BCUT2D eigenvalue weighted by Crippen LogP contribution is 2.17. The molecule has 21 heavy (non-hydrogen) atoms.